The molecule has 0 amide bonds. The van der Waals surface area contributed by atoms with Crippen molar-refractivity contribution >= 4 is 11.9 Å². The molecule has 2 bridgehead atoms. The molecule has 7 rings (SSSR count). The average Bonchev–Trinajstić information content (AvgIpc) is 3.28. The van der Waals surface area contributed by atoms with Crippen LogP contribution in [0.3, 0.4) is 0 Å². The standard InChI is InChI=1S/C22H21N3O6/c1-3-15-21-14-11-10-13(16(21)22(21,18(27)31-15)17(26)30-4-2)24-19(28)23(20(29)25(14)24)12-8-6-5-7-9-12/h5-11,13-16H,3-4H2,1-2H3/t13-,14+,15+,16+,21?,22-/m1/s1. The number of allylic oxidation sites excluding steroid dienone is 2. The largest absolute Gasteiger partial charge is 0.465 e. The molecule has 1 aromatic heterocycles. The molecule has 2 aromatic rings. The fraction of sp³-hybridized carbons (Fsp3) is 0.455. The molecule has 3 aliphatic heterocycles. The quantitative estimate of drug-likeness (QED) is 0.413. The van der Waals surface area contributed by atoms with Crippen molar-refractivity contribution in [2.24, 2.45) is 16.7 Å². The van der Waals surface area contributed by atoms with E-state index in [1.54, 1.807) is 31.2 Å². The van der Waals surface area contributed by atoms with E-state index in [0.717, 1.165) is 4.57 Å². The molecule has 9 heteroatoms. The van der Waals surface area contributed by atoms with Gasteiger partial charge in [-0.25, -0.2) is 23.5 Å². The van der Waals surface area contributed by atoms with Gasteiger partial charge in [-0.15, -0.1) is 0 Å². The van der Waals surface area contributed by atoms with Gasteiger partial charge in [0.1, 0.15) is 6.10 Å². The summed E-state index contributed by atoms with van der Waals surface area (Å²) in [6, 6.07) is 7.45. The molecule has 1 saturated heterocycles. The molecule has 1 spiro atoms. The third-order valence-corrected chi connectivity index (χ3v) is 7.54. The lowest BCUT2D eigenvalue weighted by molar-refractivity contribution is -0.163. The SMILES string of the molecule is CCOC(=O)[C@]12C(=O)O[C@@H](CC)C13[C@@H]1C=C[C@H]([C@@H]32)n2c(=O)n(-c3ccccc3)c(=O)n21. The van der Waals surface area contributed by atoms with Crippen molar-refractivity contribution < 1.29 is 19.1 Å². The average molecular weight is 423 g/mol. The van der Waals surface area contributed by atoms with Crippen LogP contribution in [0.5, 0.6) is 0 Å². The number of benzene rings is 1. The highest BCUT2D eigenvalue weighted by Crippen LogP contribution is 2.85. The molecule has 1 unspecified atom stereocenters. The van der Waals surface area contributed by atoms with Crippen LogP contribution >= 0.6 is 0 Å². The summed E-state index contributed by atoms with van der Waals surface area (Å²) in [5.74, 6) is -1.71. The minimum Gasteiger partial charge on any atom is -0.465 e. The summed E-state index contributed by atoms with van der Waals surface area (Å²) in [5.41, 5.74) is -2.94. The van der Waals surface area contributed by atoms with Gasteiger partial charge in [0.25, 0.3) is 0 Å². The van der Waals surface area contributed by atoms with E-state index in [9.17, 15) is 19.2 Å². The highest BCUT2D eigenvalue weighted by molar-refractivity contribution is 6.08. The molecule has 1 aromatic carbocycles. The van der Waals surface area contributed by atoms with Crippen molar-refractivity contribution in [1.82, 2.24) is 13.9 Å². The van der Waals surface area contributed by atoms with Crippen molar-refractivity contribution in [3.63, 3.8) is 0 Å². The Balaban J connectivity index is 1.61. The van der Waals surface area contributed by atoms with Crippen LogP contribution in [0.4, 0.5) is 0 Å². The van der Waals surface area contributed by atoms with Gasteiger partial charge in [-0.3, -0.25) is 9.59 Å². The third-order valence-electron chi connectivity index (χ3n) is 7.54. The van der Waals surface area contributed by atoms with Gasteiger partial charge in [0.2, 0.25) is 0 Å². The predicted molar refractivity (Wildman–Crippen MR) is 107 cm³/mol. The van der Waals surface area contributed by atoms with Crippen molar-refractivity contribution in [2.75, 3.05) is 6.61 Å². The molecule has 6 atom stereocenters. The highest BCUT2D eigenvalue weighted by atomic mass is 16.6. The lowest BCUT2D eigenvalue weighted by Crippen LogP contribution is -2.48. The van der Waals surface area contributed by atoms with E-state index in [4.69, 9.17) is 9.47 Å². The number of esters is 2. The molecular weight excluding hydrogens is 402 g/mol. The van der Waals surface area contributed by atoms with Gasteiger partial charge in [-0.05, 0) is 25.5 Å². The van der Waals surface area contributed by atoms with Gasteiger partial charge >= 0.3 is 23.3 Å². The van der Waals surface area contributed by atoms with E-state index >= 15 is 0 Å². The van der Waals surface area contributed by atoms with Crippen LogP contribution in [0.2, 0.25) is 0 Å². The third kappa shape index (κ3) is 1.70. The first-order valence-corrected chi connectivity index (χ1v) is 10.6. The Labute approximate surface area is 176 Å². The second kappa shape index (κ2) is 5.66. The summed E-state index contributed by atoms with van der Waals surface area (Å²) in [7, 11) is 0. The zero-order valence-corrected chi connectivity index (χ0v) is 17.1. The van der Waals surface area contributed by atoms with Gasteiger partial charge in [0.15, 0.2) is 5.41 Å². The summed E-state index contributed by atoms with van der Waals surface area (Å²) in [6.07, 6.45) is 3.63. The number of rotatable bonds is 4. The second-order valence-corrected chi connectivity index (χ2v) is 8.49. The van der Waals surface area contributed by atoms with E-state index in [2.05, 4.69) is 0 Å². The fourth-order valence-corrected chi connectivity index (χ4v) is 6.62. The molecule has 160 valence electrons. The van der Waals surface area contributed by atoms with Gasteiger partial charge in [-0.2, -0.15) is 0 Å². The van der Waals surface area contributed by atoms with Crippen molar-refractivity contribution in [3.05, 3.63) is 63.5 Å². The van der Waals surface area contributed by atoms with Crippen molar-refractivity contribution in [1.29, 1.82) is 0 Å². The van der Waals surface area contributed by atoms with Gasteiger partial charge in [-0.1, -0.05) is 37.3 Å². The Morgan fingerprint density at radius 2 is 1.77 bits per heavy atom. The molecule has 2 aliphatic carbocycles. The number of aromatic nitrogens is 3. The zero-order valence-electron chi connectivity index (χ0n) is 17.1. The summed E-state index contributed by atoms with van der Waals surface area (Å²) in [6.45, 7) is 3.70. The Morgan fingerprint density at radius 3 is 2.45 bits per heavy atom. The number of para-hydroxylation sites is 1. The number of hydrogen-bond donors (Lipinski definition) is 0. The zero-order chi connectivity index (χ0) is 21.7. The fourth-order valence-electron chi connectivity index (χ4n) is 6.62. The topological polar surface area (TPSA) is 102 Å². The molecule has 4 heterocycles. The monoisotopic (exact) mass is 423 g/mol. The predicted octanol–water partition coefficient (Wildman–Crippen LogP) is 0.967. The number of ether oxygens (including phenoxy) is 2. The molecule has 5 aliphatic rings. The maximum absolute atomic E-state index is 13.5. The number of nitrogens with zero attached hydrogens (tertiary/aromatic N) is 3. The van der Waals surface area contributed by atoms with E-state index in [1.165, 1.54) is 9.36 Å². The first kappa shape index (κ1) is 18.4. The molecular formula is C22H21N3O6. The summed E-state index contributed by atoms with van der Waals surface area (Å²) >= 11 is 0. The van der Waals surface area contributed by atoms with Gasteiger partial charge < -0.3 is 9.47 Å². The van der Waals surface area contributed by atoms with Crippen molar-refractivity contribution in [3.8, 4) is 5.69 Å². The van der Waals surface area contributed by atoms with E-state index < -0.39 is 58.3 Å². The van der Waals surface area contributed by atoms with Crippen LogP contribution < -0.4 is 11.4 Å². The summed E-state index contributed by atoms with van der Waals surface area (Å²) in [5, 5.41) is 0. The second-order valence-electron chi connectivity index (χ2n) is 8.49. The summed E-state index contributed by atoms with van der Waals surface area (Å²) in [4.78, 5) is 53.1. The van der Waals surface area contributed by atoms with E-state index in [0.29, 0.717) is 12.1 Å². The number of carbonyl (C=O) groups is 2. The minimum absolute atomic E-state index is 0.128. The first-order chi connectivity index (χ1) is 15.0. The molecule has 9 nitrogen and oxygen atoms in total. The van der Waals surface area contributed by atoms with Crippen LogP contribution in [0.1, 0.15) is 32.4 Å². The van der Waals surface area contributed by atoms with E-state index in [1.807, 2.05) is 25.1 Å². The number of cyclic esters (lactones) is 1. The molecule has 31 heavy (non-hydrogen) atoms. The number of carbonyl (C=O) groups excluding carboxylic acids is 2. The minimum atomic E-state index is -1.50. The van der Waals surface area contributed by atoms with Gasteiger partial charge in [0, 0.05) is 5.92 Å². The maximum Gasteiger partial charge on any atom is 0.352 e. The Hall–Kier alpha value is -3.36. The Kier molecular flexibility index (Phi) is 3.36. The first-order valence-electron chi connectivity index (χ1n) is 10.6. The van der Waals surface area contributed by atoms with Crippen LogP contribution in [0, 0.1) is 16.7 Å². The maximum atomic E-state index is 13.5. The van der Waals surface area contributed by atoms with Crippen LogP contribution in [-0.4, -0.2) is 38.6 Å². The molecule has 2 fully saturated rings. The van der Waals surface area contributed by atoms with Crippen molar-refractivity contribution in [2.45, 2.75) is 38.5 Å². The Bertz CT molecular complexity index is 1290. The lowest BCUT2D eigenvalue weighted by atomic mass is 9.78. The molecule has 0 radical (unpaired) electrons. The number of hydrogen-bond acceptors (Lipinski definition) is 6. The van der Waals surface area contributed by atoms with Crippen LogP contribution in [0.25, 0.3) is 5.69 Å². The summed E-state index contributed by atoms with van der Waals surface area (Å²) < 4.78 is 14.9. The molecule has 1 saturated carbocycles. The smallest absolute Gasteiger partial charge is 0.352 e. The Morgan fingerprint density at radius 1 is 1.06 bits per heavy atom. The van der Waals surface area contributed by atoms with E-state index in [-0.39, 0.29) is 6.61 Å². The highest BCUT2D eigenvalue weighted by Gasteiger charge is 2.97. The van der Waals surface area contributed by atoms with Crippen LogP contribution in [-0.2, 0) is 19.1 Å². The normalized spacial score (nSPS) is 35.9. The molecule has 0 N–H and O–H groups in total. The van der Waals surface area contributed by atoms with Gasteiger partial charge in [0.05, 0.1) is 29.8 Å². The lowest BCUT2D eigenvalue weighted by Gasteiger charge is -2.40. The van der Waals surface area contributed by atoms with Crippen LogP contribution in [0.15, 0.2) is 52.1 Å².